The third-order valence-electron chi connectivity index (χ3n) is 9.49. The Hall–Kier alpha value is -6.72. The van der Waals surface area contributed by atoms with Crippen LogP contribution in [-0.4, -0.2) is 18.9 Å². The first-order chi connectivity index (χ1) is 24.3. The minimum absolute atomic E-state index is 0.747. The molecule has 4 aromatic heterocycles. The summed E-state index contributed by atoms with van der Waals surface area (Å²) in [5.74, 6) is 2.37. The Morgan fingerprint density at radius 2 is 1.14 bits per heavy atom. The van der Waals surface area contributed by atoms with Gasteiger partial charge in [-0.15, -0.1) is 0 Å². The van der Waals surface area contributed by atoms with Gasteiger partial charge >= 0.3 is 0 Å². The summed E-state index contributed by atoms with van der Waals surface area (Å²) in [4.78, 5) is 9.58. The Morgan fingerprint density at radius 3 is 1.94 bits per heavy atom. The third-order valence-corrected chi connectivity index (χ3v) is 9.49. The SMILES string of the molecule is c1ccc(-c2ccc(-c3ccccc3)c3c2c2ccc(Oc4ccc5c6ccccc6n(-c6ccccn6)c5c4)cc2c2nccn23)cc1. The van der Waals surface area contributed by atoms with Gasteiger partial charge in [-0.05, 0) is 70.6 Å². The number of benzene rings is 6. The first-order valence-corrected chi connectivity index (χ1v) is 16.4. The van der Waals surface area contributed by atoms with E-state index in [4.69, 9.17) is 9.72 Å². The van der Waals surface area contributed by atoms with Crippen LogP contribution in [0.15, 0.2) is 170 Å². The van der Waals surface area contributed by atoms with E-state index in [2.05, 4.69) is 148 Å². The molecule has 5 nitrogen and oxygen atoms in total. The maximum atomic E-state index is 6.66. The molecule has 10 aromatic rings. The molecule has 0 amide bonds. The van der Waals surface area contributed by atoms with Crippen LogP contribution in [0.2, 0.25) is 0 Å². The van der Waals surface area contributed by atoms with Gasteiger partial charge in [-0.25, -0.2) is 9.97 Å². The largest absolute Gasteiger partial charge is 0.457 e. The highest BCUT2D eigenvalue weighted by molar-refractivity contribution is 6.20. The highest BCUT2D eigenvalue weighted by Gasteiger charge is 2.19. The number of nitrogens with zero attached hydrogens (tertiary/aromatic N) is 4. The van der Waals surface area contributed by atoms with Gasteiger partial charge in [-0.3, -0.25) is 8.97 Å². The summed E-state index contributed by atoms with van der Waals surface area (Å²) >= 11 is 0. The maximum absolute atomic E-state index is 6.66. The van der Waals surface area contributed by atoms with Gasteiger partial charge in [0.1, 0.15) is 23.0 Å². The lowest BCUT2D eigenvalue weighted by Crippen LogP contribution is -1.97. The highest BCUT2D eigenvalue weighted by atomic mass is 16.5. The number of aromatic nitrogens is 4. The molecule has 0 saturated heterocycles. The van der Waals surface area contributed by atoms with E-state index in [9.17, 15) is 0 Å². The Morgan fingerprint density at radius 1 is 0.469 bits per heavy atom. The van der Waals surface area contributed by atoms with Gasteiger partial charge in [-0.1, -0.05) is 97.1 Å². The Bertz CT molecular complexity index is 2840. The number of pyridine rings is 2. The molecule has 0 aliphatic carbocycles. The van der Waals surface area contributed by atoms with Crippen LogP contribution < -0.4 is 4.74 Å². The lowest BCUT2D eigenvalue weighted by Gasteiger charge is -2.17. The molecule has 0 spiro atoms. The lowest BCUT2D eigenvalue weighted by molar-refractivity contribution is 0.484. The van der Waals surface area contributed by atoms with Crippen LogP contribution in [0.25, 0.3) is 77.2 Å². The zero-order valence-corrected chi connectivity index (χ0v) is 26.4. The molecule has 6 aromatic carbocycles. The highest BCUT2D eigenvalue weighted by Crippen LogP contribution is 2.42. The standard InChI is InChI=1S/C44H28N4O/c1-3-11-29(12-4-1)33-22-23-34(30-13-5-2-6-14-30)43-42(33)37-21-19-31(27-38(37)44-46-25-26-47(43)44)49-32-18-20-36-35-15-7-8-16-39(35)48(40(36)28-32)41-17-9-10-24-45-41/h1-28H. The second kappa shape index (κ2) is 10.9. The van der Waals surface area contributed by atoms with E-state index in [1.54, 1.807) is 0 Å². The minimum atomic E-state index is 0.747. The fourth-order valence-corrected chi connectivity index (χ4v) is 7.38. The van der Waals surface area contributed by atoms with Crippen molar-refractivity contribution >= 4 is 49.1 Å². The predicted octanol–water partition coefficient (Wildman–Crippen LogP) is 11.3. The quantitative estimate of drug-likeness (QED) is 0.178. The monoisotopic (exact) mass is 628 g/mol. The summed E-state index contributed by atoms with van der Waals surface area (Å²) in [6, 6.07) is 52.8. The van der Waals surface area contributed by atoms with E-state index in [1.165, 1.54) is 27.5 Å². The zero-order valence-electron chi connectivity index (χ0n) is 26.4. The smallest absolute Gasteiger partial charge is 0.145 e. The average molecular weight is 629 g/mol. The van der Waals surface area contributed by atoms with Crippen LogP contribution in [0.1, 0.15) is 0 Å². The van der Waals surface area contributed by atoms with Gasteiger partial charge in [0.15, 0.2) is 0 Å². The summed E-state index contributed by atoms with van der Waals surface area (Å²) in [6.07, 6.45) is 5.78. The van der Waals surface area contributed by atoms with Gasteiger partial charge < -0.3 is 4.74 Å². The fourth-order valence-electron chi connectivity index (χ4n) is 7.38. The van der Waals surface area contributed by atoms with E-state index >= 15 is 0 Å². The van der Waals surface area contributed by atoms with Crippen LogP contribution in [0.4, 0.5) is 0 Å². The number of ether oxygens (including phenoxy) is 1. The molecule has 5 heteroatoms. The first-order valence-electron chi connectivity index (χ1n) is 16.4. The summed E-state index contributed by atoms with van der Waals surface area (Å²) in [6.45, 7) is 0. The number of imidazole rings is 1. The fraction of sp³-hybridized carbons (Fsp3) is 0. The van der Waals surface area contributed by atoms with Crippen LogP contribution in [0, 0.1) is 0 Å². The second-order valence-corrected chi connectivity index (χ2v) is 12.3. The number of para-hydroxylation sites is 1. The molecule has 0 fully saturated rings. The van der Waals surface area contributed by atoms with Gasteiger partial charge in [0.2, 0.25) is 0 Å². The van der Waals surface area contributed by atoms with E-state index in [0.717, 1.165) is 61.2 Å². The lowest BCUT2D eigenvalue weighted by atomic mass is 9.91. The molecule has 4 heterocycles. The Labute approximate surface area is 281 Å². The number of fused-ring (bicyclic) bond motifs is 9. The van der Waals surface area contributed by atoms with Gasteiger partial charge in [-0.2, -0.15) is 0 Å². The molecule has 0 aliphatic heterocycles. The maximum Gasteiger partial charge on any atom is 0.145 e. The van der Waals surface area contributed by atoms with Crippen LogP contribution >= 0.6 is 0 Å². The number of hydrogen-bond acceptors (Lipinski definition) is 3. The van der Waals surface area contributed by atoms with Crippen LogP contribution in [0.5, 0.6) is 11.5 Å². The Kier molecular flexibility index (Phi) is 6.11. The van der Waals surface area contributed by atoms with Crippen LogP contribution in [-0.2, 0) is 0 Å². The Balaban J connectivity index is 1.18. The van der Waals surface area contributed by atoms with E-state index < -0.39 is 0 Å². The average Bonchev–Trinajstić information content (AvgIpc) is 3.79. The molecule has 49 heavy (non-hydrogen) atoms. The van der Waals surface area contributed by atoms with E-state index in [1.807, 2.05) is 36.7 Å². The molecule has 0 radical (unpaired) electrons. The van der Waals surface area contributed by atoms with Crippen molar-refractivity contribution in [3.05, 3.63) is 170 Å². The molecule has 230 valence electrons. The van der Waals surface area contributed by atoms with Crippen molar-refractivity contribution in [2.75, 3.05) is 0 Å². The molecule has 0 saturated carbocycles. The van der Waals surface area contributed by atoms with Crippen molar-refractivity contribution in [3.8, 4) is 39.6 Å². The molecule has 10 rings (SSSR count). The molecular formula is C44H28N4O. The summed E-state index contributed by atoms with van der Waals surface area (Å²) in [5.41, 5.74) is 8.85. The molecule has 0 aliphatic rings. The second-order valence-electron chi connectivity index (χ2n) is 12.3. The molecule has 0 atom stereocenters. The van der Waals surface area contributed by atoms with Crippen molar-refractivity contribution in [2.45, 2.75) is 0 Å². The predicted molar refractivity (Wildman–Crippen MR) is 200 cm³/mol. The van der Waals surface area contributed by atoms with Crippen molar-refractivity contribution in [3.63, 3.8) is 0 Å². The van der Waals surface area contributed by atoms with Gasteiger partial charge in [0.05, 0.1) is 16.6 Å². The molecule has 0 unspecified atom stereocenters. The summed E-state index contributed by atoms with van der Waals surface area (Å²) < 4.78 is 11.1. The summed E-state index contributed by atoms with van der Waals surface area (Å²) in [5, 5.41) is 5.67. The van der Waals surface area contributed by atoms with Crippen molar-refractivity contribution in [2.24, 2.45) is 0 Å². The molecular weight excluding hydrogens is 601 g/mol. The van der Waals surface area contributed by atoms with Crippen molar-refractivity contribution < 1.29 is 4.74 Å². The summed E-state index contributed by atoms with van der Waals surface area (Å²) in [7, 11) is 0. The van der Waals surface area contributed by atoms with Crippen LogP contribution in [0.3, 0.4) is 0 Å². The normalized spacial score (nSPS) is 11.7. The molecule has 0 bridgehead atoms. The van der Waals surface area contributed by atoms with Crippen molar-refractivity contribution in [1.29, 1.82) is 0 Å². The first kappa shape index (κ1) is 27.4. The van der Waals surface area contributed by atoms with Crippen molar-refractivity contribution in [1.82, 2.24) is 18.9 Å². The van der Waals surface area contributed by atoms with Gasteiger partial charge in [0.25, 0.3) is 0 Å². The van der Waals surface area contributed by atoms with Gasteiger partial charge in [0, 0.05) is 51.8 Å². The van der Waals surface area contributed by atoms with E-state index in [-0.39, 0.29) is 0 Å². The zero-order chi connectivity index (χ0) is 32.3. The minimum Gasteiger partial charge on any atom is -0.457 e. The number of rotatable bonds is 5. The topological polar surface area (TPSA) is 44.3 Å². The van der Waals surface area contributed by atoms with E-state index in [0.29, 0.717) is 0 Å². The third kappa shape index (κ3) is 4.33. The number of hydrogen-bond donors (Lipinski definition) is 0. The molecule has 0 N–H and O–H groups in total.